The van der Waals surface area contributed by atoms with Gasteiger partial charge >= 0.3 is 0 Å². The topological polar surface area (TPSA) is 65.6 Å². The Balaban J connectivity index is 1.61. The molecular weight excluding hydrogens is 356 g/mol. The highest BCUT2D eigenvalue weighted by atomic mass is 16.6. The first-order chi connectivity index (χ1) is 13.4. The number of nitrogens with one attached hydrogen (secondary N) is 1. The van der Waals surface area contributed by atoms with Gasteiger partial charge in [-0.05, 0) is 58.0 Å². The lowest BCUT2D eigenvalue weighted by atomic mass is 10.2. The van der Waals surface area contributed by atoms with E-state index < -0.39 is 0 Å². The highest BCUT2D eigenvalue weighted by Gasteiger charge is 2.21. The molecule has 2 aromatic heterocycles. The molecule has 1 amide bonds. The molecule has 0 saturated carbocycles. The third-order valence-corrected chi connectivity index (χ3v) is 5.00. The van der Waals surface area contributed by atoms with Gasteiger partial charge in [-0.1, -0.05) is 0 Å². The number of rotatable bonds is 4. The van der Waals surface area contributed by atoms with Crippen LogP contribution in [0.25, 0.3) is 5.69 Å². The van der Waals surface area contributed by atoms with Crippen molar-refractivity contribution in [1.29, 1.82) is 0 Å². The lowest BCUT2D eigenvalue weighted by Gasteiger charge is -2.20. The Hall–Kier alpha value is -3.15. The molecule has 4 rings (SSSR count). The number of ether oxygens (including phenoxy) is 2. The van der Waals surface area contributed by atoms with Gasteiger partial charge in [-0.3, -0.25) is 4.79 Å². The lowest BCUT2D eigenvalue weighted by molar-refractivity contribution is 0.0934. The van der Waals surface area contributed by atoms with E-state index in [1.165, 1.54) is 0 Å². The van der Waals surface area contributed by atoms with Crippen molar-refractivity contribution in [3.63, 3.8) is 0 Å². The van der Waals surface area contributed by atoms with Crippen molar-refractivity contribution in [1.82, 2.24) is 9.88 Å². The number of amides is 1. The summed E-state index contributed by atoms with van der Waals surface area (Å²) in [7, 11) is 0. The summed E-state index contributed by atoms with van der Waals surface area (Å²) >= 11 is 0. The summed E-state index contributed by atoms with van der Waals surface area (Å²) in [6.45, 7) is 8.83. The normalized spacial score (nSPS) is 14.0. The molecule has 1 aliphatic rings. The summed E-state index contributed by atoms with van der Waals surface area (Å²) in [6, 6.07) is 11.3. The molecule has 0 radical (unpaired) electrons. The Bertz CT molecular complexity index is 1030. The van der Waals surface area contributed by atoms with Crippen molar-refractivity contribution in [3.8, 4) is 17.2 Å². The summed E-state index contributed by atoms with van der Waals surface area (Å²) in [5, 5.41) is 3.02. The second-order valence-corrected chi connectivity index (χ2v) is 7.09. The van der Waals surface area contributed by atoms with E-state index in [1.54, 1.807) is 0 Å². The Labute approximate surface area is 164 Å². The van der Waals surface area contributed by atoms with Crippen LogP contribution in [-0.4, -0.2) is 23.7 Å². The van der Waals surface area contributed by atoms with Crippen molar-refractivity contribution in [2.45, 2.75) is 33.7 Å². The van der Waals surface area contributed by atoms with Gasteiger partial charge < -0.3 is 23.8 Å². The fraction of sp³-hybridized carbons (Fsp3) is 0.318. The van der Waals surface area contributed by atoms with E-state index in [0.717, 1.165) is 40.1 Å². The third kappa shape index (κ3) is 3.26. The zero-order valence-corrected chi connectivity index (χ0v) is 16.5. The number of carbonyl (C=O) groups is 1. The number of aryl methyl sites for hydroxylation is 2. The first kappa shape index (κ1) is 18.2. The van der Waals surface area contributed by atoms with Crippen LogP contribution in [-0.2, 0) is 0 Å². The molecule has 1 aliphatic heterocycles. The molecule has 28 heavy (non-hydrogen) atoms. The highest BCUT2D eigenvalue weighted by Crippen LogP contribution is 2.33. The number of fused-ring (bicyclic) bond motifs is 1. The van der Waals surface area contributed by atoms with Gasteiger partial charge in [0, 0.05) is 23.1 Å². The largest absolute Gasteiger partial charge is 0.486 e. The van der Waals surface area contributed by atoms with Gasteiger partial charge in [0.1, 0.15) is 24.7 Å². The Morgan fingerprint density at radius 1 is 1.04 bits per heavy atom. The summed E-state index contributed by atoms with van der Waals surface area (Å²) in [4.78, 5) is 12.9. The fourth-order valence-electron chi connectivity index (χ4n) is 3.59. The predicted octanol–water partition coefficient (Wildman–Crippen LogP) is 4.26. The van der Waals surface area contributed by atoms with Crippen LogP contribution < -0.4 is 14.8 Å². The third-order valence-electron chi connectivity index (χ3n) is 5.00. The van der Waals surface area contributed by atoms with Gasteiger partial charge in [0.15, 0.2) is 11.5 Å². The van der Waals surface area contributed by atoms with Gasteiger partial charge in [-0.2, -0.15) is 0 Å². The first-order valence-corrected chi connectivity index (χ1v) is 9.40. The quantitative estimate of drug-likeness (QED) is 0.735. The van der Waals surface area contributed by atoms with Gasteiger partial charge in [-0.15, -0.1) is 0 Å². The molecular formula is C22H24N2O4. The second-order valence-electron chi connectivity index (χ2n) is 7.09. The first-order valence-electron chi connectivity index (χ1n) is 9.40. The van der Waals surface area contributed by atoms with Crippen LogP contribution in [0.1, 0.15) is 46.2 Å². The maximum absolute atomic E-state index is 12.9. The molecule has 6 heteroatoms. The van der Waals surface area contributed by atoms with E-state index in [-0.39, 0.29) is 11.9 Å². The Kier molecular flexibility index (Phi) is 4.63. The number of hydrogen-bond acceptors (Lipinski definition) is 4. The smallest absolute Gasteiger partial charge is 0.253 e. The molecule has 0 saturated heterocycles. The van der Waals surface area contributed by atoms with Crippen molar-refractivity contribution >= 4 is 5.91 Å². The van der Waals surface area contributed by atoms with Crippen molar-refractivity contribution in [3.05, 3.63) is 64.9 Å². The minimum Gasteiger partial charge on any atom is -0.486 e. The van der Waals surface area contributed by atoms with Crippen LogP contribution in [0.5, 0.6) is 11.5 Å². The van der Waals surface area contributed by atoms with Crippen LogP contribution >= 0.6 is 0 Å². The maximum atomic E-state index is 12.9. The second kappa shape index (κ2) is 7.11. The molecule has 0 spiro atoms. The molecule has 146 valence electrons. The van der Waals surface area contributed by atoms with Crippen LogP contribution in [0.4, 0.5) is 0 Å². The molecule has 0 aliphatic carbocycles. The molecule has 3 heterocycles. The molecule has 1 aromatic carbocycles. The molecule has 3 aromatic rings. The van der Waals surface area contributed by atoms with E-state index in [9.17, 15) is 4.79 Å². The van der Waals surface area contributed by atoms with Gasteiger partial charge in [0.2, 0.25) is 0 Å². The lowest BCUT2D eigenvalue weighted by Crippen LogP contribution is -2.26. The molecule has 0 fully saturated rings. The SMILES string of the molecule is Cc1ccc(C(C)NC(=O)c2cc(C)n(-c3ccc4c(c3)OCCO4)c2C)o1. The number of nitrogens with zero attached hydrogens (tertiary/aromatic N) is 1. The number of carbonyl (C=O) groups excluding carboxylic acids is 1. The van der Waals surface area contributed by atoms with Crippen molar-refractivity contribution in [2.24, 2.45) is 0 Å². The molecule has 6 nitrogen and oxygen atoms in total. The Morgan fingerprint density at radius 2 is 1.79 bits per heavy atom. The van der Waals surface area contributed by atoms with Gasteiger partial charge in [0.25, 0.3) is 5.91 Å². The van der Waals surface area contributed by atoms with Gasteiger partial charge in [-0.25, -0.2) is 0 Å². The van der Waals surface area contributed by atoms with Crippen molar-refractivity contribution < 1.29 is 18.7 Å². The molecule has 0 bridgehead atoms. The van der Waals surface area contributed by atoms with Crippen LogP contribution in [0.15, 0.2) is 40.8 Å². The van der Waals surface area contributed by atoms with Crippen LogP contribution in [0.3, 0.4) is 0 Å². The number of furan rings is 1. The predicted molar refractivity (Wildman–Crippen MR) is 106 cm³/mol. The fourth-order valence-corrected chi connectivity index (χ4v) is 3.59. The highest BCUT2D eigenvalue weighted by molar-refractivity contribution is 5.96. The zero-order valence-electron chi connectivity index (χ0n) is 16.5. The number of benzene rings is 1. The maximum Gasteiger partial charge on any atom is 0.253 e. The van der Waals surface area contributed by atoms with E-state index in [2.05, 4.69) is 9.88 Å². The zero-order chi connectivity index (χ0) is 19.8. The average molecular weight is 380 g/mol. The van der Waals surface area contributed by atoms with Crippen molar-refractivity contribution in [2.75, 3.05) is 13.2 Å². The molecule has 1 atom stereocenters. The minimum absolute atomic E-state index is 0.126. The number of aromatic nitrogens is 1. The van der Waals surface area contributed by atoms with Gasteiger partial charge in [0.05, 0.1) is 11.6 Å². The summed E-state index contributed by atoms with van der Waals surface area (Å²) in [5.41, 5.74) is 3.42. The van der Waals surface area contributed by atoms with Crippen LogP contribution in [0.2, 0.25) is 0 Å². The summed E-state index contributed by atoms with van der Waals surface area (Å²) in [5.74, 6) is 2.92. The standard InChI is InChI=1S/C22H24N2O4/c1-13-11-18(22(25)23-15(3)19-7-5-14(2)28-19)16(4)24(13)17-6-8-20-21(12-17)27-10-9-26-20/h5-8,11-12,15H,9-10H2,1-4H3,(H,23,25). The average Bonchev–Trinajstić information content (AvgIpc) is 3.24. The molecule has 1 N–H and O–H groups in total. The van der Waals surface area contributed by atoms with E-state index in [1.807, 2.05) is 64.1 Å². The minimum atomic E-state index is -0.210. The molecule has 1 unspecified atom stereocenters. The van der Waals surface area contributed by atoms with E-state index in [4.69, 9.17) is 13.9 Å². The Morgan fingerprint density at radius 3 is 2.50 bits per heavy atom. The van der Waals surface area contributed by atoms with Crippen LogP contribution in [0, 0.1) is 20.8 Å². The van der Waals surface area contributed by atoms with E-state index >= 15 is 0 Å². The monoisotopic (exact) mass is 380 g/mol. The summed E-state index contributed by atoms with van der Waals surface area (Å²) in [6.07, 6.45) is 0. The summed E-state index contributed by atoms with van der Waals surface area (Å²) < 4.78 is 19.0. The number of hydrogen-bond donors (Lipinski definition) is 1. The van der Waals surface area contributed by atoms with E-state index in [0.29, 0.717) is 18.8 Å².